The maximum atomic E-state index is 13.3. The summed E-state index contributed by atoms with van der Waals surface area (Å²) < 4.78 is 17.7. The number of methoxy groups -OCH3 is 3. The molecule has 0 saturated carbocycles. The summed E-state index contributed by atoms with van der Waals surface area (Å²) in [6.07, 6.45) is 0.648. The van der Waals surface area contributed by atoms with Gasteiger partial charge >= 0.3 is 0 Å². The summed E-state index contributed by atoms with van der Waals surface area (Å²) in [5, 5.41) is 7.86. The lowest BCUT2D eigenvalue weighted by atomic mass is 10.1. The van der Waals surface area contributed by atoms with Crippen LogP contribution in [-0.4, -0.2) is 43.6 Å². The van der Waals surface area contributed by atoms with Gasteiger partial charge in [0.15, 0.2) is 11.5 Å². The van der Waals surface area contributed by atoms with Crippen molar-refractivity contribution in [3.05, 3.63) is 89.1 Å². The second kappa shape index (κ2) is 11.0. The van der Waals surface area contributed by atoms with E-state index in [2.05, 4.69) is 11.4 Å². The normalized spacial score (nSPS) is 10.7. The predicted molar refractivity (Wildman–Crippen MR) is 141 cm³/mol. The fourth-order valence-corrected chi connectivity index (χ4v) is 4.12. The molecule has 0 unspecified atom stereocenters. The van der Waals surface area contributed by atoms with Gasteiger partial charge in [-0.25, -0.2) is 4.68 Å². The van der Waals surface area contributed by atoms with Crippen molar-refractivity contribution in [1.82, 2.24) is 15.1 Å². The second-order valence-electron chi connectivity index (χ2n) is 8.54. The molecule has 3 aromatic carbocycles. The van der Waals surface area contributed by atoms with E-state index in [1.165, 1.54) is 0 Å². The molecule has 0 bridgehead atoms. The molecule has 4 aromatic rings. The van der Waals surface area contributed by atoms with Gasteiger partial charge < -0.3 is 19.5 Å². The molecule has 0 fully saturated rings. The number of hydrogen-bond acceptors (Lipinski definition) is 5. The second-order valence-corrected chi connectivity index (χ2v) is 8.54. The average Bonchev–Trinajstić information content (AvgIpc) is 3.34. The number of rotatable bonds is 9. The number of nitrogens with one attached hydrogen (secondary N) is 1. The number of carbonyl (C=O) groups excluding carboxylic acids is 1. The number of amides is 1. The lowest BCUT2D eigenvalue weighted by molar-refractivity contribution is 0.0946. The number of hydrogen-bond donors (Lipinski definition) is 1. The van der Waals surface area contributed by atoms with E-state index < -0.39 is 0 Å². The molecule has 0 aliphatic heterocycles. The molecule has 186 valence electrons. The first kappa shape index (κ1) is 24.9. The quantitative estimate of drug-likeness (QED) is 0.355. The van der Waals surface area contributed by atoms with E-state index in [9.17, 15) is 4.79 Å². The fourth-order valence-electron chi connectivity index (χ4n) is 4.12. The Balaban J connectivity index is 1.59. The highest BCUT2D eigenvalue weighted by atomic mass is 16.5. The van der Waals surface area contributed by atoms with Gasteiger partial charge in [0.25, 0.3) is 5.91 Å². The van der Waals surface area contributed by atoms with E-state index in [-0.39, 0.29) is 5.91 Å². The Kier molecular flexibility index (Phi) is 7.59. The molecule has 0 atom stereocenters. The minimum Gasteiger partial charge on any atom is -0.497 e. The zero-order chi connectivity index (χ0) is 25.7. The van der Waals surface area contributed by atoms with Crippen molar-refractivity contribution in [2.45, 2.75) is 20.3 Å². The Morgan fingerprint density at radius 3 is 2.28 bits per heavy atom. The molecule has 1 amide bonds. The number of aryl methyl sites for hydroxylation is 2. The van der Waals surface area contributed by atoms with Crippen LogP contribution in [0.15, 0.2) is 66.7 Å². The predicted octanol–water partition coefficient (Wildman–Crippen LogP) is 5.15. The Hall–Kier alpha value is -4.26. The highest BCUT2D eigenvalue weighted by molar-refractivity contribution is 5.94. The highest BCUT2D eigenvalue weighted by Crippen LogP contribution is 2.28. The molecule has 0 spiro atoms. The molecule has 0 aliphatic carbocycles. The third-order valence-corrected chi connectivity index (χ3v) is 6.06. The summed E-state index contributed by atoms with van der Waals surface area (Å²) in [6, 6.07) is 21.3. The number of aromatic nitrogens is 2. The minimum atomic E-state index is -0.192. The van der Waals surface area contributed by atoms with Crippen LogP contribution in [-0.2, 0) is 6.42 Å². The van der Waals surface area contributed by atoms with E-state index >= 15 is 0 Å². The Labute approximate surface area is 211 Å². The number of ether oxygens (including phenoxy) is 3. The van der Waals surface area contributed by atoms with Crippen LogP contribution in [0, 0.1) is 13.8 Å². The third-order valence-electron chi connectivity index (χ3n) is 6.06. The van der Waals surface area contributed by atoms with E-state index in [1.807, 2.05) is 74.5 Å². The first-order valence-electron chi connectivity index (χ1n) is 11.7. The van der Waals surface area contributed by atoms with Crippen molar-refractivity contribution in [2.75, 3.05) is 27.9 Å². The standard InChI is InChI=1S/C29H31N3O4/c1-19-6-12-25(20(2)16-19)32-26(18-24(31-32)22-8-10-23(34-3)11-9-22)29(33)30-15-14-21-7-13-27(35-4)28(17-21)36-5/h6-13,16-18H,14-15H2,1-5H3,(H,30,33). The maximum absolute atomic E-state index is 13.3. The summed E-state index contributed by atoms with van der Waals surface area (Å²) >= 11 is 0. The van der Waals surface area contributed by atoms with Crippen LogP contribution in [0.2, 0.25) is 0 Å². The van der Waals surface area contributed by atoms with Crippen molar-refractivity contribution in [3.8, 4) is 34.2 Å². The number of nitrogens with zero attached hydrogens (tertiary/aromatic N) is 2. The van der Waals surface area contributed by atoms with E-state index in [1.54, 1.807) is 26.0 Å². The molecule has 4 rings (SSSR count). The molecule has 7 nitrogen and oxygen atoms in total. The van der Waals surface area contributed by atoms with Gasteiger partial charge in [0.05, 0.1) is 32.7 Å². The summed E-state index contributed by atoms with van der Waals surface area (Å²) in [5.74, 6) is 1.91. The molecule has 0 aliphatic rings. The van der Waals surface area contributed by atoms with Crippen molar-refractivity contribution >= 4 is 5.91 Å². The maximum Gasteiger partial charge on any atom is 0.270 e. The van der Waals surface area contributed by atoms with Crippen LogP contribution in [0.4, 0.5) is 0 Å². The van der Waals surface area contributed by atoms with Crippen LogP contribution < -0.4 is 19.5 Å². The summed E-state index contributed by atoms with van der Waals surface area (Å²) in [5.41, 5.74) is 6.18. The van der Waals surface area contributed by atoms with Gasteiger partial charge in [-0.1, -0.05) is 23.8 Å². The van der Waals surface area contributed by atoms with Crippen LogP contribution in [0.25, 0.3) is 16.9 Å². The Morgan fingerprint density at radius 2 is 1.61 bits per heavy atom. The van der Waals surface area contributed by atoms with Crippen LogP contribution in [0.3, 0.4) is 0 Å². The third kappa shape index (κ3) is 5.35. The smallest absolute Gasteiger partial charge is 0.270 e. The molecule has 0 radical (unpaired) electrons. The van der Waals surface area contributed by atoms with Gasteiger partial charge in [-0.3, -0.25) is 4.79 Å². The van der Waals surface area contributed by atoms with Crippen molar-refractivity contribution in [3.63, 3.8) is 0 Å². The van der Waals surface area contributed by atoms with Gasteiger partial charge in [-0.15, -0.1) is 0 Å². The topological polar surface area (TPSA) is 74.6 Å². The summed E-state index contributed by atoms with van der Waals surface area (Å²) in [7, 11) is 4.85. The van der Waals surface area contributed by atoms with Crippen molar-refractivity contribution in [2.24, 2.45) is 0 Å². The first-order chi connectivity index (χ1) is 17.4. The zero-order valence-corrected chi connectivity index (χ0v) is 21.3. The van der Waals surface area contributed by atoms with Gasteiger partial charge in [0, 0.05) is 12.1 Å². The molecule has 0 saturated heterocycles. The SMILES string of the molecule is COc1ccc(-c2cc(C(=O)NCCc3ccc(OC)c(OC)c3)n(-c3ccc(C)cc3C)n2)cc1. The Bertz CT molecular complexity index is 1360. The van der Waals surface area contributed by atoms with Crippen LogP contribution in [0.1, 0.15) is 27.2 Å². The molecule has 1 aromatic heterocycles. The van der Waals surface area contributed by atoms with Crippen molar-refractivity contribution < 1.29 is 19.0 Å². The minimum absolute atomic E-state index is 0.192. The fraction of sp³-hybridized carbons (Fsp3) is 0.241. The molecule has 1 N–H and O–H groups in total. The lowest BCUT2D eigenvalue weighted by Gasteiger charge is -2.12. The van der Waals surface area contributed by atoms with Crippen molar-refractivity contribution in [1.29, 1.82) is 0 Å². The highest BCUT2D eigenvalue weighted by Gasteiger charge is 2.19. The lowest BCUT2D eigenvalue weighted by Crippen LogP contribution is -2.28. The van der Waals surface area contributed by atoms with Gasteiger partial charge in [-0.2, -0.15) is 5.10 Å². The monoisotopic (exact) mass is 485 g/mol. The molecular formula is C29H31N3O4. The van der Waals surface area contributed by atoms with E-state index in [0.29, 0.717) is 35.9 Å². The number of carbonyl (C=O) groups is 1. The van der Waals surface area contributed by atoms with Gasteiger partial charge in [-0.05, 0) is 79.9 Å². The number of benzene rings is 3. The van der Waals surface area contributed by atoms with Crippen LogP contribution >= 0.6 is 0 Å². The first-order valence-corrected chi connectivity index (χ1v) is 11.7. The van der Waals surface area contributed by atoms with Crippen LogP contribution in [0.5, 0.6) is 17.2 Å². The summed E-state index contributed by atoms with van der Waals surface area (Å²) in [6.45, 7) is 4.53. The Morgan fingerprint density at radius 1 is 0.861 bits per heavy atom. The van der Waals surface area contributed by atoms with E-state index in [4.69, 9.17) is 19.3 Å². The largest absolute Gasteiger partial charge is 0.497 e. The van der Waals surface area contributed by atoms with E-state index in [0.717, 1.165) is 33.7 Å². The van der Waals surface area contributed by atoms with Gasteiger partial charge in [0.2, 0.25) is 0 Å². The zero-order valence-electron chi connectivity index (χ0n) is 21.3. The molecule has 1 heterocycles. The molecule has 36 heavy (non-hydrogen) atoms. The van der Waals surface area contributed by atoms with Gasteiger partial charge in [0.1, 0.15) is 11.4 Å². The average molecular weight is 486 g/mol. The molecule has 7 heteroatoms. The summed E-state index contributed by atoms with van der Waals surface area (Å²) in [4.78, 5) is 13.3. The molecular weight excluding hydrogens is 454 g/mol.